The van der Waals surface area contributed by atoms with E-state index in [1.165, 1.54) is 6.33 Å². The molecule has 24 heavy (non-hydrogen) atoms. The van der Waals surface area contributed by atoms with E-state index in [0.717, 1.165) is 52.1 Å². The fourth-order valence-electron chi connectivity index (χ4n) is 2.53. The van der Waals surface area contributed by atoms with Crippen LogP contribution in [0.4, 0.5) is 17.3 Å². The Morgan fingerprint density at radius 2 is 1.83 bits per heavy atom. The molecule has 9 heteroatoms. The van der Waals surface area contributed by atoms with Crippen LogP contribution in [0.2, 0.25) is 0 Å². The summed E-state index contributed by atoms with van der Waals surface area (Å²) in [5.74, 6) is 0.551. The molecule has 0 saturated carbocycles. The van der Waals surface area contributed by atoms with Crippen molar-refractivity contribution in [3.63, 3.8) is 0 Å². The van der Waals surface area contributed by atoms with Crippen LogP contribution in [0.1, 0.15) is 26.2 Å². The highest BCUT2D eigenvalue weighted by Crippen LogP contribution is 2.28. The summed E-state index contributed by atoms with van der Waals surface area (Å²) in [4.78, 5) is 21.3. The molecular formula is C15H26N6O3. The second kappa shape index (κ2) is 9.99. The number of morpholine rings is 1. The van der Waals surface area contributed by atoms with Gasteiger partial charge < -0.3 is 15.4 Å². The summed E-state index contributed by atoms with van der Waals surface area (Å²) < 4.78 is 5.31. The van der Waals surface area contributed by atoms with E-state index in [2.05, 4.69) is 32.4 Å². The smallest absolute Gasteiger partial charge is 0.353 e. The maximum atomic E-state index is 11.4. The predicted octanol–water partition coefficient (Wildman–Crippen LogP) is 1.73. The standard InChI is InChI=1S/C15H26N6O3/c1-2-3-5-16-14-13(21(22)23)15(19-12-18-14)17-6-4-7-20-8-10-24-11-9-20/h12H,2-11H2,1H3,(H2,16,17,18,19). The lowest BCUT2D eigenvalue weighted by atomic mass is 10.3. The Labute approximate surface area is 142 Å². The molecule has 2 heterocycles. The predicted molar refractivity (Wildman–Crippen MR) is 92.4 cm³/mol. The zero-order valence-corrected chi connectivity index (χ0v) is 14.2. The maximum Gasteiger partial charge on any atom is 0.353 e. The summed E-state index contributed by atoms with van der Waals surface area (Å²) >= 11 is 0. The molecule has 0 atom stereocenters. The van der Waals surface area contributed by atoms with Gasteiger partial charge in [-0.1, -0.05) is 13.3 Å². The monoisotopic (exact) mass is 338 g/mol. The fraction of sp³-hybridized carbons (Fsp3) is 0.733. The summed E-state index contributed by atoms with van der Waals surface area (Å²) in [7, 11) is 0. The van der Waals surface area contributed by atoms with Crippen molar-refractivity contribution in [3.8, 4) is 0 Å². The third-order valence-electron chi connectivity index (χ3n) is 3.87. The third kappa shape index (κ3) is 5.57. The average molecular weight is 338 g/mol. The molecule has 0 amide bonds. The number of hydrogen-bond acceptors (Lipinski definition) is 8. The van der Waals surface area contributed by atoms with Gasteiger partial charge in [0.1, 0.15) is 6.33 Å². The molecule has 1 aromatic rings. The van der Waals surface area contributed by atoms with Crippen LogP contribution in [0, 0.1) is 10.1 Å². The Kier molecular flexibility index (Phi) is 7.63. The largest absolute Gasteiger partial charge is 0.379 e. The minimum atomic E-state index is -0.432. The van der Waals surface area contributed by atoms with Crippen molar-refractivity contribution in [2.45, 2.75) is 26.2 Å². The number of nitro groups is 1. The van der Waals surface area contributed by atoms with E-state index in [1.807, 2.05) is 0 Å². The van der Waals surface area contributed by atoms with Crippen molar-refractivity contribution in [1.82, 2.24) is 14.9 Å². The van der Waals surface area contributed by atoms with Crippen molar-refractivity contribution in [2.75, 3.05) is 56.6 Å². The first-order valence-corrected chi connectivity index (χ1v) is 8.49. The molecule has 0 bridgehead atoms. The van der Waals surface area contributed by atoms with Crippen LogP contribution in [0.15, 0.2) is 6.33 Å². The molecule has 1 aromatic heterocycles. The normalized spacial score (nSPS) is 15.2. The Morgan fingerprint density at radius 3 is 2.42 bits per heavy atom. The molecule has 1 aliphatic heterocycles. The highest BCUT2D eigenvalue weighted by Gasteiger charge is 2.22. The zero-order valence-electron chi connectivity index (χ0n) is 14.2. The SMILES string of the molecule is CCCCNc1ncnc(NCCCN2CCOCC2)c1[N+](=O)[O-]. The van der Waals surface area contributed by atoms with E-state index < -0.39 is 4.92 Å². The molecule has 1 saturated heterocycles. The summed E-state index contributed by atoms with van der Waals surface area (Å²) in [5, 5.41) is 17.5. The van der Waals surface area contributed by atoms with Crippen LogP contribution in [-0.4, -0.2) is 65.7 Å². The minimum Gasteiger partial charge on any atom is -0.379 e. The highest BCUT2D eigenvalue weighted by molar-refractivity contribution is 5.69. The fourth-order valence-corrected chi connectivity index (χ4v) is 2.53. The van der Waals surface area contributed by atoms with E-state index in [4.69, 9.17) is 4.74 Å². The molecule has 2 N–H and O–H groups in total. The van der Waals surface area contributed by atoms with Crippen molar-refractivity contribution in [1.29, 1.82) is 0 Å². The number of anilines is 2. The van der Waals surface area contributed by atoms with Crippen molar-refractivity contribution >= 4 is 17.3 Å². The number of hydrogen-bond donors (Lipinski definition) is 2. The minimum absolute atomic E-state index is 0.0834. The molecule has 1 fully saturated rings. The molecule has 1 aliphatic rings. The molecule has 0 spiro atoms. The van der Waals surface area contributed by atoms with Crippen LogP contribution in [-0.2, 0) is 4.74 Å². The third-order valence-corrected chi connectivity index (χ3v) is 3.87. The summed E-state index contributed by atoms with van der Waals surface area (Å²) in [6.07, 6.45) is 4.19. The van der Waals surface area contributed by atoms with Gasteiger partial charge in [-0.15, -0.1) is 0 Å². The first-order valence-electron chi connectivity index (χ1n) is 8.49. The molecule has 0 unspecified atom stereocenters. The van der Waals surface area contributed by atoms with Gasteiger partial charge in [0.25, 0.3) is 0 Å². The first-order chi connectivity index (χ1) is 11.7. The quantitative estimate of drug-likeness (QED) is 0.377. The van der Waals surface area contributed by atoms with Gasteiger partial charge in [0.05, 0.1) is 18.1 Å². The molecule has 2 rings (SSSR count). The number of nitrogens with one attached hydrogen (secondary N) is 2. The van der Waals surface area contributed by atoms with Crippen LogP contribution in [0.3, 0.4) is 0 Å². The van der Waals surface area contributed by atoms with Crippen LogP contribution in [0.5, 0.6) is 0 Å². The molecule has 0 aliphatic carbocycles. The number of rotatable bonds is 10. The van der Waals surface area contributed by atoms with Crippen LogP contribution < -0.4 is 10.6 Å². The van der Waals surface area contributed by atoms with E-state index in [-0.39, 0.29) is 17.3 Å². The van der Waals surface area contributed by atoms with Crippen LogP contribution >= 0.6 is 0 Å². The van der Waals surface area contributed by atoms with Crippen molar-refractivity contribution < 1.29 is 9.66 Å². The van der Waals surface area contributed by atoms with Crippen molar-refractivity contribution in [3.05, 3.63) is 16.4 Å². The lowest BCUT2D eigenvalue weighted by Crippen LogP contribution is -2.37. The van der Waals surface area contributed by atoms with Gasteiger partial charge in [-0.25, -0.2) is 9.97 Å². The van der Waals surface area contributed by atoms with Crippen LogP contribution in [0.25, 0.3) is 0 Å². The first kappa shape index (κ1) is 18.3. The number of ether oxygens (including phenoxy) is 1. The highest BCUT2D eigenvalue weighted by atomic mass is 16.6. The maximum absolute atomic E-state index is 11.4. The van der Waals surface area contributed by atoms with Gasteiger partial charge in [-0.05, 0) is 19.4 Å². The number of unbranched alkanes of at least 4 members (excludes halogenated alkanes) is 1. The van der Waals surface area contributed by atoms with Gasteiger partial charge in [0, 0.05) is 26.2 Å². The molecular weight excluding hydrogens is 312 g/mol. The topological polar surface area (TPSA) is 105 Å². The van der Waals surface area contributed by atoms with E-state index in [0.29, 0.717) is 13.1 Å². The van der Waals surface area contributed by atoms with E-state index in [9.17, 15) is 10.1 Å². The van der Waals surface area contributed by atoms with Crippen molar-refractivity contribution in [2.24, 2.45) is 0 Å². The Bertz CT molecular complexity index is 522. The molecule has 9 nitrogen and oxygen atoms in total. The molecule has 0 aromatic carbocycles. The zero-order chi connectivity index (χ0) is 17.2. The van der Waals surface area contributed by atoms with E-state index in [1.54, 1.807) is 0 Å². The number of nitrogens with zero attached hydrogens (tertiary/aromatic N) is 4. The van der Waals surface area contributed by atoms with Gasteiger partial charge in [-0.3, -0.25) is 15.0 Å². The number of aromatic nitrogens is 2. The second-order valence-electron chi connectivity index (χ2n) is 5.69. The molecule has 0 radical (unpaired) electrons. The summed E-state index contributed by atoms with van der Waals surface area (Å²) in [6, 6.07) is 0. The average Bonchev–Trinajstić information content (AvgIpc) is 2.60. The Hall–Kier alpha value is -2.00. The van der Waals surface area contributed by atoms with Gasteiger partial charge in [0.15, 0.2) is 0 Å². The lowest BCUT2D eigenvalue weighted by molar-refractivity contribution is -0.383. The Balaban J connectivity index is 1.88. The Morgan fingerprint density at radius 1 is 1.21 bits per heavy atom. The lowest BCUT2D eigenvalue weighted by Gasteiger charge is -2.26. The summed E-state index contributed by atoms with van der Waals surface area (Å²) in [6.45, 7) is 7.73. The van der Waals surface area contributed by atoms with E-state index >= 15 is 0 Å². The van der Waals surface area contributed by atoms with Gasteiger partial charge >= 0.3 is 5.69 Å². The van der Waals surface area contributed by atoms with Gasteiger partial charge in [0.2, 0.25) is 11.6 Å². The second-order valence-corrected chi connectivity index (χ2v) is 5.69. The molecule has 134 valence electrons. The summed E-state index contributed by atoms with van der Waals surface area (Å²) in [5.41, 5.74) is -0.0834. The van der Waals surface area contributed by atoms with Gasteiger partial charge in [-0.2, -0.15) is 0 Å².